The van der Waals surface area contributed by atoms with Crippen LogP contribution in [0.2, 0.25) is 0 Å². The number of rotatable bonds is 1. The Balaban J connectivity index is 2.04. The van der Waals surface area contributed by atoms with E-state index < -0.39 is 0 Å². The zero-order chi connectivity index (χ0) is 12.5. The van der Waals surface area contributed by atoms with Crippen LogP contribution >= 0.6 is 0 Å². The smallest absolute Gasteiger partial charge is 0.164 e. The second-order valence-electron chi connectivity index (χ2n) is 4.47. The third-order valence-electron chi connectivity index (χ3n) is 3.23. The lowest BCUT2D eigenvalue weighted by atomic mass is 9.94. The zero-order valence-electron chi connectivity index (χ0n) is 9.82. The highest BCUT2D eigenvalue weighted by Crippen LogP contribution is 2.24. The molecule has 0 bridgehead atoms. The summed E-state index contributed by atoms with van der Waals surface area (Å²) in [6, 6.07) is 9.91. The van der Waals surface area contributed by atoms with Gasteiger partial charge in [0.1, 0.15) is 5.82 Å². The van der Waals surface area contributed by atoms with E-state index in [0.717, 1.165) is 35.4 Å². The summed E-state index contributed by atoms with van der Waals surface area (Å²) in [6.45, 7) is 0. The van der Waals surface area contributed by atoms with Crippen molar-refractivity contribution in [1.82, 2.24) is 4.98 Å². The highest BCUT2D eigenvalue weighted by molar-refractivity contribution is 5.98. The first-order valence-electron chi connectivity index (χ1n) is 6.03. The van der Waals surface area contributed by atoms with Crippen LogP contribution in [0.3, 0.4) is 0 Å². The number of ketones is 1. The molecule has 0 saturated heterocycles. The molecule has 1 aliphatic carbocycles. The number of aryl methyl sites for hydroxylation is 1. The Morgan fingerprint density at radius 1 is 1.00 bits per heavy atom. The number of fused-ring (bicyclic) bond motifs is 1. The summed E-state index contributed by atoms with van der Waals surface area (Å²) < 4.78 is 12.9. The minimum absolute atomic E-state index is 0.175. The number of aromatic nitrogens is 1. The standard InChI is InChI=1S/C15H12FNO/c16-11-6-4-10(5-7-11)13-9-8-12-14(17-13)2-1-3-15(12)18/h4-9H,1-3H2. The first kappa shape index (κ1) is 11.1. The molecule has 3 heteroatoms. The van der Waals surface area contributed by atoms with Gasteiger partial charge < -0.3 is 0 Å². The summed E-state index contributed by atoms with van der Waals surface area (Å²) in [6.07, 6.45) is 2.33. The van der Waals surface area contributed by atoms with Crippen LogP contribution < -0.4 is 0 Å². The van der Waals surface area contributed by atoms with Crippen molar-refractivity contribution in [3.63, 3.8) is 0 Å². The average Bonchev–Trinajstić information content (AvgIpc) is 2.39. The number of hydrogen-bond acceptors (Lipinski definition) is 2. The highest BCUT2D eigenvalue weighted by atomic mass is 19.1. The molecule has 1 aromatic carbocycles. The van der Waals surface area contributed by atoms with E-state index in [0.29, 0.717) is 6.42 Å². The molecule has 0 atom stereocenters. The van der Waals surface area contributed by atoms with E-state index in [1.807, 2.05) is 12.1 Å². The molecule has 0 N–H and O–H groups in total. The molecular formula is C15H12FNO. The maximum atomic E-state index is 12.9. The molecule has 0 spiro atoms. The normalized spacial score (nSPS) is 14.4. The zero-order valence-corrected chi connectivity index (χ0v) is 9.82. The molecule has 90 valence electrons. The molecule has 0 amide bonds. The summed E-state index contributed by atoms with van der Waals surface area (Å²) in [5.41, 5.74) is 3.28. The molecule has 0 radical (unpaired) electrons. The Labute approximate surface area is 104 Å². The van der Waals surface area contributed by atoms with E-state index in [2.05, 4.69) is 4.98 Å². The molecule has 2 nitrogen and oxygen atoms in total. The fourth-order valence-electron chi connectivity index (χ4n) is 2.28. The number of halogens is 1. The van der Waals surface area contributed by atoms with Crippen molar-refractivity contribution < 1.29 is 9.18 Å². The van der Waals surface area contributed by atoms with Gasteiger partial charge in [-0.05, 0) is 49.2 Å². The third kappa shape index (κ3) is 1.92. The van der Waals surface area contributed by atoms with E-state index in [-0.39, 0.29) is 11.6 Å². The lowest BCUT2D eigenvalue weighted by Crippen LogP contribution is -2.12. The Kier molecular flexibility index (Phi) is 2.67. The Morgan fingerprint density at radius 3 is 2.56 bits per heavy atom. The Hall–Kier alpha value is -2.03. The van der Waals surface area contributed by atoms with E-state index in [1.165, 1.54) is 12.1 Å². The molecule has 1 aliphatic rings. The summed E-state index contributed by atoms with van der Waals surface area (Å²) in [5.74, 6) is -0.0821. The molecule has 1 heterocycles. The van der Waals surface area contributed by atoms with Gasteiger partial charge >= 0.3 is 0 Å². The average molecular weight is 241 g/mol. The van der Waals surface area contributed by atoms with Gasteiger partial charge in [-0.25, -0.2) is 4.39 Å². The van der Waals surface area contributed by atoms with Crippen LogP contribution in [0.25, 0.3) is 11.3 Å². The lowest BCUT2D eigenvalue weighted by Gasteiger charge is -2.14. The van der Waals surface area contributed by atoms with Gasteiger partial charge in [0.25, 0.3) is 0 Å². The van der Waals surface area contributed by atoms with Gasteiger partial charge in [0, 0.05) is 17.5 Å². The van der Waals surface area contributed by atoms with Crippen molar-refractivity contribution in [2.75, 3.05) is 0 Å². The number of pyridine rings is 1. The van der Waals surface area contributed by atoms with E-state index in [4.69, 9.17) is 0 Å². The predicted molar refractivity (Wildman–Crippen MR) is 66.9 cm³/mol. The predicted octanol–water partition coefficient (Wildman–Crippen LogP) is 3.41. The van der Waals surface area contributed by atoms with Crippen LogP contribution in [-0.4, -0.2) is 10.8 Å². The van der Waals surface area contributed by atoms with Gasteiger partial charge in [0.2, 0.25) is 0 Å². The fraction of sp³-hybridized carbons (Fsp3) is 0.200. The number of nitrogens with zero attached hydrogens (tertiary/aromatic N) is 1. The van der Waals surface area contributed by atoms with Crippen molar-refractivity contribution in [2.45, 2.75) is 19.3 Å². The number of carbonyl (C=O) groups is 1. The van der Waals surface area contributed by atoms with Crippen LogP contribution in [0.15, 0.2) is 36.4 Å². The van der Waals surface area contributed by atoms with Crippen LogP contribution in [0, 0.1) is 5.82 Å². The van der Waals surface area contributed by atoms with Crippen molar-refractivity contribution >= 4 is 5.78 Å². The summed E-state index contributed by atoms with van der Waals surface area (Å²) in [7, 11) is 0. The van der Waals surface area contributed by atoms with Gasteiger partial charge in [-0.15, -0.1) is 0 Å². The van der Waals surface area contributed by atoms with Crippen molar-refractivity contribution in [3.8, 4) is 11.3 Å². The second kappa shape index (κ2) is 4.33. The van der Waals surface area contributed by atoms with E-state index in [1.54, 1.807) is 12.1 Å². The largest absolute Gasteiger partial charge is 0.294 e. The fourth-order valence-corrected chi connectivity index (χ4v) is 2.28. The minimum atomic E-state index is -0.258. The maximum Gasteiger partial charge on any atom is 0.164 e. The molecule has 2 aromatic rings. The van der Waals surface area contributed by atoms with Crippen molar-refractivity contribution in [3.05, 3.63) is 53.5 Å². The number of hydrogen-bond donors (Lipinski definition) is 0. The third-order valence-corrected chi connectivity index (χ3v) is 3.23. The van der Waals surface area contributed by atoms with Gasteiger partial charge in [0.15, 0.2) is 5.78 Å². The summed E-state index contributed by atoms with van der Waals surface area (Å²) >= 11 is 0. The second-order valence-corrected chi connectivity index (χ2v) is 4.47. The molecule has 0 unspecified atom stereocenters. The Morgan fingerprint density at radius 2 is 1.78 bits per heavy atom. The van der Waals surface area contributed by atoms with Gasteiger partial charge in [-0.1, -0.05) is 0 Å². The van der Waals surface area contributed by atoms with Gasteiger partial charge in [0.05, 0.1) is 11.4 Å². The molecular weight excluding hydrogens is 229 g/mol. The SMILES string of the molecule is O=C1CCCc2nc(-c3ccc(F)cc3)ccc21. The maximum absolute atomic E-state index is 12.9. The summed E-state index contributed by atoms with van der Waals surface area (Å²) in [4.78, 5) is 16.2. The lowest BCUT2D eigenvalue weighted by molar-refractivity contribution is 0.0971. The van der Waals surface area contributed by atoms with Crippen LogP contribution in [0.5, 0.6) is 0 Å². The first-order chi connectivity index (χ1) is 8.74. The molecule has 0 saturated carbocycles. The van der Waals surface area contributed by atoms with Crippen molar-refractivity contribution in [1.29, 1.82) is 0 Å². The van der Waals surface area contributed by atoms with Crippen LogP contribution in [0.1, 0.15) is 28.9 Å². The molecule has 1 aromatic heterocycles. The quantitative estimate of drug-likeness (QED) is 0.765. The van der Waals surface area contributed by atoms with Crippen molar-refractivity contribution in [2.24, 2.45) is 0 Å². The number of benzene rings is 1. The molecule has 18 heavy (non-hydrogen) atoms. The molecule has 3 rings (SSSR count). The van der Waals surface area contributed by atoms with Gasteiger partial charge in [-0.2, -0.15) is 0 Å². The highest BCUT2D eigenvalue weighted by Gasteiger charge is 2.18. The summed E-state index contributed by atoms with van der Waals surface area (Å²) in [5, 5.41) is 0. The number of carbonyl (C=O) groups excluding carboxylic acids is 1. The van der Waals surface area contributed by atoms with Crippen LogP contribution in [-0.2, 0) is 6.42 Å². The minimum Gasteiger partial charge on any atom is -0.294 e. The van der Waals surface area contributed by atoms with Gasteiger partial charge in [-0.3, -0.25) is 9.78 Å². The van der Waals surface area contributed by atoms with Crippen LogP contribution in [0.4, 0.5) is 4.39 Å². The van der Waals surface area contributed by atoms with E-state index in [9.17, 15) is 9.18 Å². The Bertz CT molecular complexity index is 604. The first-order valence-corrected chi connectivity index (χ1v) is 6.03. The monoisotopic (exact) mass is 241 g/mol. The topological polar surface area (TPSA) is 30.0 Å². The van der Waals surface area contributed by atoms with E-state index >= 15 is 0 Å². The molecule has 0 fully saturated rings. The number of Topliss-reactive ketones (excluding diaryl/α,β-unsaturated/α-hetero) is 1. The molecule has 0 aliphatic heterocycles.